The zero-order valence-electron chi connectivity index (χ0n) is 9.66. The summed E-state index contributed by atoms with van der Waals surface area (Å²) in [5, 5.41) is 0. The van der Waals surface area contributed by atoms with Gasteiger partial charge in [-0.1, -0.05) is 41.9 Å². The molecule has 86 valence electrons. The molecule has 1 aromatic rings. The molecule has 0 aliphatic heterocycles. The minimum atomic E-state index is -0.313. The van der Waals surface area contributed by atoms with Crippen molar-refractivity contribution < 1.29 is 9.53 Å². The summed E-state index contributed by atoms with van der Waals surface area (Å²) in [5.41, 5.74) is 2.03. The van der Waals surface area contributed by atoms with Crippen LogP contribution in [0.25, 0.3) is 5.57 Å². The summed E-state index contributed by atoms with van der Waals surface area (Å²) in [4.78, 5) is 11.3. The van der Waals surface area contributed by atoms with Gasteiger partial charge in [-0.25, -0.2) is 4.79 Å². The molecule has 0 atom stereocenters. The van der Waals surface area contributed by atoms with Crippen LogP contribution in [0.1, 0.15) is 19.4 Å². The highest BCUT2D eigenvalue weighted by molar-refractivity contribution is 9.10. The second-order valence-electron chi connectivity index (χ2n) is 3.78. The number of allylic oxidation sites excluding steroid dienone is 1. The van der Waals surface area contributed by atoms with E-state index < -0.39 is 0 Å². The lowest BCUT2D eigenvalue weighted by molar-refractivity contribution is -0.134. The largest absolute Gasteiger partial charge is 0.466 e. The van der Waals surface area contributed by atoms with Crippen LogP contribution in [-0.2, 0) is 9.53 Å². The quantitative estimate of drug-likeness (QED) is 0.625. The Hall–Kier alpha value is -1.09. The van der Waals surface area contributed by atoms with E-state index in [9.17, 15) is 4.79 Å². The number of ether oxygens (including phenoxy) is 1. The Kier molecular flexibility index (Phi) is 4.74. The number of benzene rings is 1. The Morgan fingerprint density at radius 1 is 1.31 bits per heavy atom. The highest BCUT2D eigenvalue weighted by Crippen LogP contribution is 2.24. The van der Waals surface area contributed by atoms with Gasteiger partial charge in [-0.3, -0.25) is 0 Å². The van der Waals surface area contributed by atoms with Crippen molar-refractivity contribution in [2.75, 3.05) is 7.11 Å². The smallest absolute Gasteiger partial charge is 0.330 e. The van der Waals surface area contributed by atoms with E-state index in [0.717, 1.165) is 15.6 Å². The lowest BCUT2D eigenvalue weighted by atomic mass is 9.95. The summed E-state index contributed by atoms with van der Waals surface area (Å²) in [6.07, 6.45) is 1.55. The lowest BCUT2D eigenvalue weighted by Crippen LogP contribution is -2.01. The van der Waals surface area contributed by atoms with E-state index in [0.29, 0.717) is 0 Å². The molecule has 0 aromatic heterocycles. The highest BCUT2D eigenvalue weighted by atomic mass is 79.9. The molecule has 0 fully saturated rings. The fourth-order valence-electron chi connectivity index (χ4n) is 1.41. The maximum Gasteiger partial charge on any atom is 0.330 e. The van der Waals surface area contributed by atoms with Crippen molar-refractivity contribution in [3.63, 3.8) is 0 Å². The van der Waals surface area contributed by atoms with Gasteiger partial charge in [0.15, 0.2) is 0 Å². The van der Waals surface area contributed by atoms with Gasteiger partial charge in [0.25, 0.3) is 0 Å². The molecule has 0 heterocycles. The van der Waals surface area contributed by atoms with Gasteiger partial charge in [-0.05, 0) is 29.2 Å². The summed E-state index contributed by atoms with van der Waals surface area (Å²) in [7, 11) is 1.39. The number of hydrogen-bond acceptors (Lipinski definition) is 2. The molecule has 0 aliphatic rings. The predicted octanol–water partition coefficient (Wildman–Crippen LogP) is 3.66. The minimum absolute atomic E-state index is 0.278. The molecular formula is C13H15BrO2. The van der Waals surface area contributed by atoms with Crippen molar-refractivity contribution in [1.82, 2.24) is 0 Å². The van der Waals surface area contributed by atoms with E-state index in [1.807, 2.05) is 24.3 Å². The zero-order chi connectivity index (χ0) is 12.1. The minimum Gasteiger partial charge on any atom is -0.466 e. The fourth-order valence-corrected chi connectivity index (χ4v) is 1.68. The third-order valence-corrected chi connectivity index (χ3v) is 2.80. The van der Waals surface area contributed by atoms with E-state index in [1.165, 1.54) is 7.11 Å². The number of halogens is 1. The molecule has 2 nitrogen and oxygen atoms in total. The van der Waals surface area contributed by atoms with Gasteiger partial charge in [0.1, 0.15) is 0 Å². The maximum absolute atomic E-state index is 11.3. The second kappa shape index (κ2) is 5.85. The highest BCUT2D eigenvalue weighted by Gasteiger charge is 2.09. The van der Waals surface area contributed by atoms with Gasteiger partial charge in [-0.15, -0.1) is 0 Å². The van der Waals surface area contributed by atoms with E-state index in [-0.39, 0.29) is 11.9 Å². The first-order valence-corrected chi connectivity index (χ1v) is 5.89. The summed E-state index contributed by atoms with van der Waals surface area (Å²) in [6, 6.07) is 7.89. The van der Waals surface area contributed by atoms with Crippen LogP contribution in [0, 0.1) is 5.92 Å². The Morgan fingerprint density at radius 2 is 1.88 bits per heavy atom. The number of hydrogen-bond donors (Lipinski definition) is 0. The molecule has 0 radical (unpaired) electrons. The summed E-state index contributed by atoms with van der Waals surface area (Å²) >= 11 is 3.39. The number of carbonyl (C=O) groups excluding carboxylic acids is 1. The van der Waals surface area contributed by atoms with E-state index in [2.05, 4.69) is 34.5 Å². The number of esters is 1. The normalized spacial score (nSPS) is 11.7. The first-order valence-electron chi connectivity index (χ1n) is 5.10. The van der Waals surface area contributed by atoms with E-state index >= 15 is 0 Å². The Morgan fingerprint density at radius 3 is 2.31 bits per heavy atom. The van der Waals surface area contributed by atoms with E-state index in [4.69, 9.17) is 0 Å². The number of methoxy groups -OCH3 is 1. The SMILES string of the molecule is COC(=O)C=C(c1ccc(Br)cc1)C(C)C. The van der Waals surface area contributed by atoms with Crippen LogP contribution in [0.2, 0.25) is 0 Å². The van der Waals surface area contributed by atoms with Gasteiger partial charge in [0.2, 0.25) is 0 Å². The van der Waals surface area contributed by atoms with Crippen LogP contribution in [-0.4, -0.2) is 13.1 Å². The molecule has 0 saturated heterocycles. The van der Waals surface area contributed by atoms with Crippen molar-refractivity contribution in [1.29, 1.82) is 0 Å². The van der Waals surface area contributed by atoms with Crippen molar-refractivity contribution in [2.45, 2.75) is 13.8 Å². The molecule has 0 spiro atoms. The number of rotatable bonds is 3. The van der Waals surface area contributed by atoms with Gasteiger partial charge in [0.05, 0.1) is 7.11 Å². The third kappa shape index (κ3) is 3.49. The van der Waals surface area contributed by atoms with Crippen LogP contribution in [0.3, 0.4) is 0 Å². The molecule has 0 saturated carbocycles. The van der Waals surface area contributed by atoms with Crippen LogP contribution < -0.4 is 0 Å². The van der Waals surface area contributed by atoms with Crippen LogP contribution in [0.15, 0.2) is 34.8 Å². The molecule has 3 heteroatoms. The average molecular weight is 283 g/mol. The summed E-state index contributed by atoms with van der Waals surface area (Å²) in [6.45, 7) is 4.10. The molecular weight excluding hydrogens is 268 g/mol. The van der Waals surface area contributed by atoms with Gasteiger partial charge < -0.3 is 4.74 Å². The third-order valence-electron chi connectivity index (χ3n) is 2.27. The standard InChI is InChI=1S/C13H15BrO2/c1-9(2)12(8-13(15)16-3)10-4-6-11(14)7-5-10/h4-9H,1-3H3. The van der Waals surface area contributed by atoms with Crippen molar-refractivity contribution >= 4 is 27.5 Å². The average Bonchev–Trinajstić information content (AvgIpc) is 2.26. The van der Waals surface area contributed by atoms with Crippen molar-refractivity contribution in [2.24, 2.45) is 5.92 Å². The van der Waals surface area contributed by atoms with Gasteiger partial charge >= 0.3 is 5.97 Å². The zero-order valence-corrected chi connectivity index (χ0v) is 11.2. The van der Waals surface area contributed by atoms with Crippen molar-refractivity contribution in [3.8, 4) is 0 Å². The van der Waals surface area contributed by atoms with Crippen LogP contribution in [0.4, 0.5) is 0 Å². The number of carbonyl (C=O) groups is 1. The molecule has 0 N–H and O–H groups in total. The van der Waals surface area contributed by atoms with Crippen LogP contribution >= 0.6 is 15.9 Å². The lowest BCUT2D eigenvalue weighted by Gasteiger charge is -2.11. The predicted molar refractivity (Wildman–Crippen MR) is 69.0 cm³/mol. The van der Waals surface area contributed by atoms with Crippen molar-refractivity contribution in [3.05, 3.63) is 40.4 Å². The maximum atomic E-state index is 11.3. The molecule has 0 amide bonds. The first kappa shape index (κ1) is 13.0. The monoisotopic (exact) mass is 282 g/mol. The van der Waals surface area contributed by atoms with Crippen LogP contribution in [0.5, 0.6) is 0 Å². The Labute approximate surface area is 104 Å². The Bertz CT molecular complexity index is 391. The van der Waals surface area contributed by atoms with Gasteiger partial charge in [-0.2, -0.15) is 0 Å². The molecule has 0 bridgehead atoms. The molecule has 1 aromatic carbocycles. The molecule has 0 aliphatic carbocycles. The van der Waals surface area contributed by atoms with Gasteiger partial charge in [0, 0.05) is 10.5 Å². The summed E-state index contributed by atoms with van der Waals surface area (Å²) < 4.78 is 5.68. The first-order chi connectivity index (χ1) is 7.54. The topological polar surface area (TPSA) is 26.3 Å². The second-order valence-corrected chi connectivity index (χ2v) is 4.70. The molecule has 1 rings (SSSR count). The van der Waals surface area contributed by atoms with E-state index in [1.54, 1.807) is 6.08 Å². The fraction of sp³-hybridized carbons (Fsp3) is 0.308. The Balaban J connectivity index is 3.08. The molecule has 16 heavy (non-hydrogen) atoms. The molecule has 0 unspecified atom stereocenters. The summed E-state index contributed by atoms with van der Waals surface area (Å²) in [5.74, 6) is -0.0353.